The van der Waals surface area contributed by atoms with Crippen LogP contribution in [0.1, 0.15) is 55.0 Å². The van der Waals surface area contributed by atoms with Crippen LogP contribution in [0.3, 0.4) is 0 Å². The Balaban J connectivity index is 1.22. The van der Waals surface area contributed by atoms with Crippen molar-refractivity contribution in [2.24, 2.45) is 5.41 Å². The summed E-state index contributed by atoms with van der Waals surface area (Å²) in [6.45, 7) is 5.50. The molecule has 3 aromatic rings. The Bertz CT molecular complexity index is 1350. The van der Waals surface area contributed by atoms with Gasteiger partial charge >= 0.3 is 0 Å². The minimum absolute atomic E-state index is 0.0227. The molecule has 0 bridgehead atoms. The summed E-state index contributed by atoms with van der Waals surface area (Å²) in [4.78, 5) is 9.09. The zero-order chi connectivity index (χ0) is 30.4. The molecule has 2 aliphatic rings. The molecule has 2 saturated heterocycles. The molecular formula is C33H41F4N3O3. The van der Waals surface area contributed by atoms with E-state index in [9.17, 15) is 18.3 Å². The fourth-order valence-corrected chi connectivity index (χ4v) is 6.46. The van der Waals surface area contributed by atoms with Gasteiger partial charge in [0.05, 0.1) is 25.8 Å². The average Bonchev–Trinajstić information content (AvgIpc) is 3.02. The first-order valence-corrected chi connectivity index (χ1v) is 15.2. The first-order valence-electron chi connectivity index (χ1n) is 15.2. The van der Waals surface area contributed by atoms with Crippen LogP contribution >= 0.6 is 0 Å². The molecule has 0 saturated carbocycles. The Hall–Kier alpha value is -2.79. The third kappa shape index (κ3) is 7.66. The SMILES string of the molecule is COc1ccc2ncc(CN3CCOCC3)c([C@@H](F)CCC3(CO)CCN(CCCc4c(F)cc(F)cc4F)CC3)c2c1. The van der Waals surface area contributed by atoms with Crippen molar-refractivity contribution < 1.29 is 32.1 Å². The lowest BCUT2D eigenvalue weighted by molar-refractivity contribution is 0.0293. The monoisotopic (exact) mass is 603 g/mol. The molecule has 1 N–H and O–H groups in total. The molecule has 0 aliphatic carbocycles. The van der Waals surface area contributed by atoms with Gasteiger partial charge in [0, 0.05) is 61.1 Å². The van der Waals surface area contributed by atoms with E-state index in [2.05, 4.69) is 14.8 Å². The zero-order valence-electron chi connectivity index (χ0n) is 24.8. The Morgan fingerprint density at radius 2 is 1.74 bits per heavy atom. The van der Waals surface area contributed by atoms with E-state index in [-0.39, 0.29) is 30.4 Å². The lowest BCUT2D eigenvalue weighted by atomic mass is 9.74. The van der Waals surface area contributed by atoms with E-state index in [0.717, 1.165) is 29.6 Å². The van der Waals surface area contributed by atoms with E-state index < -0.39 is 23.6 Å². The highest BCUT2D eigenvalue weighted by Gasteiger charge is 2.35. The molecule has 3 heterocycles. The number of hydrogen-bond acceptors (Lipinski definition) is 6. The van der Waals surface area contributed by atoms with E-state index >= 15 is 4.39 Å². The van der Waals surface area contributed by atoms with Crippen LogP contribution in [-0.4, -0.2) is 79.5 Å². The van der Waals surface area contributed by atoms with Crippen LogP contribution in [0.15, 0.2) is 36.5 Å². The molecule has 2 fully saturated rings. The molecule has 0 unspecified atom stereocenters. The highest BCUT2D eigenvalue weighted by Crippen LogP contribution is 2.41. The number of methoxy groups -OCH3 is 1. The minimum Gasteiger partial charge on any atom is -0.497 e. The van der Waals surface area contributed by atoms with Crippen LogP contribution in [0.5, 0.6) is 5.75 Å². The maximum atomic E-state index is 16.4. The van der Waals surface area contributed by atoms with Crippen molar-refractivity contribution in [3.05, 3.63) is 70.7 Å². The number of fused-ring (bicyclic) bond motifs is 1. The number of halogens is 4. The summed E-state index contributed by atoms with van der Waals surface area (Å²) in [6.07, 6.45) is 3.49. The smallest absolute Gasteiger partial charge is 0.132 e. The van der Waals surface area contributed by atoms with E-state index in [4.69, 9.17) is 9.47 Å². The fourth-order valence-electron chi connectivity index (χ4n) is 6.46. The topological polar surface area (TPSA) is 58.1 Å². The summed E-state index contributed by atoms with van der Waals surface area (Å²) in [5, 5.41) is 11.2. The molecule has 0 radical (unpaired) electrons. The van der Waals surface area contributed by atoms with E-state index in [1.165, 1.54) is 0 Å². The minimum atomic E-state index is -1.24. The fraction of sp³-hybridized carbons (Fsp3) is 0.545. The number of aliphatic hydroxyl groups excluding tert-OH is 1. The highest BCUT2D eigenvalue weighted by atomic mass is 19.1. The van der Waals surface area contributed by atoms with Crippen LogP contribution in [0.4, 0.5) is 17.6 Å². The van der Waals surface area contributed by atoms with Crippen molar-refractivity contribution in [2.75, 3.05) is 59.7 Å². The van der Waals surface area contributed by atoms with Crippen molar-refractivity contribution in [3.8, 4) is 5.75 Å². The second-order valence-electron chi connectivity index (χ2n) is 11.9. The largest absolute Gasteiger partial charge is 0.497 e. The van der Waals surface area contributed by atoms with Crippen LogP contribution in [0.2, 0.25) is 0 Å². The van der Waals surface area contributed by atoms with Crippen LogP contribution < -0.4 is 4.74 Å². The summed E-state index contributed by atoms with van der Waals surface area (Å²) in [6, 6.07) is 6.96. The number of morpholine rings is 1. The molecule has 1 aromatic heterocycles. The van der Waals surface area contributed by atoms with Crippen molar-refractivity contribution in [1.82, 2.24) is 14.8 Å². The summed E-state index contributed by atoms with van der Waals surface area (Å²) in [5.41, 5.74) is 1.74. The molecule has 5 rings (SSSR count). The van der Waals surface area contributed by atoms with Crippen molar-refractivity contribution in [3.63, 3.8) is 0 Å². The third-order valence-electron chi connectivity index (χ3n) is 9.20. The number of hydrogen-bond donors (Lipinski definition) is 1. The number of pyridine rings is 1. The van der Waals surface area contributed by atoms with Gasteiger partial charge in [-0.3, -0.25) is 9.88 Å². The number of piperidine rings is 1. The summed E-state index contributed by atoms with van der Waals surface area (Å²) >= 11 is 0. The number of nitrogens with zero attached hydrogens (tertiary/aromatic N) is 3. The maximum Gasteiger partial charge on any atom is 0.132 e. The second-order valence-corrected chi connectivity index (χ2v) is 11.9. The van der Waals surface area contributed by atoms with E-state index in [1.54, 1.807) is 13.3 Å². The van der Waals surface area contributed by atoms with Crippen molar-refractivity contribution >= 4 is 10.9 Å². The predicted octanol–water partition coefficient (Wildman–Crippen LogP) is 5.99. The van der Waals surface area contributed by atoms with Gasteiger partial charge in [0.1, 0.15) is 29.4 Å². The Morgan fingerprint density at radius 1 is 1.02 bits per heavy atom. The highest BCUT2D eigenvalue weighted by molar-refractivity contribution is 5.85. The quantitative estimate of drug-likeness (QED) is 0.257. The number of benzene rings is 2. The van der Waals surface area contributed by atoms with Crippen molar-refractivity contribution in [2.45, 2.75) is 51.2 Å². The Labute approximate surface area is 250 Å². The van der Waals surface area contributed by atoms with Gasteiger partial charge in [0.25, 0.3) is 0 Å². The normalized spacial score (nSPS) is 18.7. The van der Waals surface area contributed by atoms with Gasteiger partial charge in [-0.05, 0) is 87.3 Å². The number of ether oxygens (including phenoxy) is 2. The first kappa shape index (κ1) is 31.6. The molecule has 0 amide bonds. The molecule has 234 valence electrons. The summed E-state index contributed by atoms with van der Waals surface area (Å²) in [7, 11) is 1.59. The molecule has 2 aromatic carbocycles. The molecular weight excluding hydrogens is 562 g/mol. The Morgan fingerprint density at radius 3 is 2.42 bits per heavy atom. The van der Waals surface area contributed by atoms with Crippen LogP contribution in [0.25, 0.3) is 10.9 Å². The van der Waals surface area contributed by atoms with E-state index in [1.807, 2.05) is 18.2 Å². The predicted molar refractivity (Wildman–Crippen MR) is 157 cm³/mol. The zero-order valence-corrected chi connectivity index (χ0v) is 24.8. The van der Waals surface area contributed by atoms with Crippen LogP contribution in [0, 0.1) is 22.9 Å². The maximum absolute atomic E-state index is 16.4. The molecule has 2 aliphatic heterocycles. The first-order chi connectivity index (χ1) is 20.8. The second kappa shape index (κ2) is 14.3. The lowest BCUT2D eigenvalue weighted by Gasteiger charge is -2.41. The van der Waals surface area contributed by atoms with Gasteiger partial charge < -0.3 is 19.5 Å². The molecule has 6 nitrogen and oxygen atoms in total. The number of rotatable bonds is 12. The standard InChI is InChI=1S/C33H41F4N3O3/c1-42-25-4-5-31-27(19-25)32(23(20-38-31)21-40-13-15-43-16-14-40)28(35)6-7-33(22-41)8-11-39(12-9-33)10-2-3-26-29(36)17-24(34)18-30(26)37/h4-5,17-20,28,41H,2-3,6-16,21-22H2,1H3/t28-/m0/s1. The molecule has 1 atom stereocenters. The Kier molecular flexibility index (Phi) is 10.5. The molecule has 43 heavy (non-hydrogen) atoms. The summed E-state index contributed by atoms with van der Waals surface area (Å²) < 4.78 is 68.5. The summed E-state index contributed by atoms with van der Waals surface area (Å²) in [5.74, 6) is -1.99. The van der Waals surface area contributed by atoms with Crippen LogP contribution in [-0.2, 0) is 17.7 Å². The third-order valence-corrected chi connectivity index (χ3v) is 9.20. The number of aromatic nitrogens is 1. The number of likely N-dealkylation sites (tertiary alicyclic amines) is 1. The van der Waals surface area contributed by atoms with Gasteiger partial charge in [-0.1, -0.05) is 0 Å². The number of alkyl halides is 1. The van der Waals surface area contributed by atoms with Gasteiger partial charge in [-0.15, -0.1) is 0 Å². The van der Waals surface area contributed by atoms with Gasteiger partial charge in [-0.2, -0.15) is 0 Å². The molecule has 10 heteroatoms. The molecule has 0 spiro atoms. The van der Waals surface area contributed by atoms with E-state index in [0.29, 0.717) is 88.5 Å². The lowest BCUT2D eigenvalue weighted by Crippen LogP contribution is -2.42. The van der Waals surface area contributed by atoms with Crippen molar-refractivity contribution in [1.29, 1.82) is 0 Å². The van der Waals surface area contributed by atoms with Gasteiger partial charge in [0.15, 0.2) is 0 Å². The average molecular weight is 604 g/mol. The number of aliphatic hydroxyl groups is 1. The van der Waals surface area contributed by atoms with Gasteiger partial charge in [0.2, 0.25) is 0 Å². The van der Waals surface area contributed by atoms with Gasteiger partial charge in [-0.25, -0.2) is 17.6 Å².